The van der Waals surface area contributed by atoms with Gasteiger partial charge in [-0.3, -0.25) is 0 Å². The van der Waals surface area contributed by atoms with E-state index in [2.05, 4.69) is 17.9 Å². The number of esters is 1. The molecule has 1 unspecified atom stereocenters. The van der Waals surface area contributed by atoms with Crippen LogP contribution in [0.25, 0.3) is 5.57 Å². The smallest absolute Gasteiger partial charge is 0.346 e. The molecule has 36 heavy (non-hydrogen) atoms. The second-order valence-corrected chi connectivity index (χ2v) is 7.99. The van der Waals surface area contributed by atoms with Gasteiger partial charge in [0.05, 0.1) is 12.2 Å². The number of ether oxygens (including phenoxy) is 2. The number of rotatable bonds is 8. The van der Waals surface area contributed by atoms with Gasteiger partial charge in [-0.1, -0.05) is 31.4 Å². The monoisotopic (exact) mass is 506 g/mol. The van der Waals surface area contributed by atoms with Gasteiger partial charge in [0.2, 0.25) is 17.5 Å². The highest BCUT2D eigenvalue weighted by Crippen LogP contribution is 2.38. The predicted octanol–water partition coefficient (Wildman–Crippen LogP) is 7.53. The summed E-state index contributed by atoms with van der Waals surface area (Å²) in [4.78, 5) is 12.3. The Bertz CT molecular complexity index is 1280. The molecule has 0 heterocycles. The lowest BCUT2D eigenvalue weighted by Gasteiger charge is -2.23. The van der Waals surface area contributed by atoms with Gasteiger partial charge in [0.15, 0.2) is 23.1 Å². The highest BCUT2D eigenvalue weighted by molar-refractivity contribution is 5.91. The highest BCUT2D eigenvalue weighted by Gasteiger charge is 2.25. The van der Waals surface area contributed by atoms with Gasteiger partial charge in [0.25, 0.3) is 0 Å². The van der Waals surface area contributed by atoms with Crippen LogP contribution < -0.4 is 0 Å². The molecule has 0 saturated heterocycles. The van der Waals surface area contributed by atoms with Crippen molar-refractivity contribution in [3.63, 3.8) is 0 Å². The molecule has 9 heteroatoms. The van der Waals surface area contributed by atoms with Gasteiger partial charge in [-0.15, -0.1) is 0 Å². The Morgan fingerprint density at radius 3 is 2.36 bits per heavy atom. The van der Waals surface area contributed by atoms with E-state index in [1.807, 2.05) is 0 Å². The van der Waals surface area contributed by atoms with Crippen molar-refractivity contribution in [1.29, 1.82) is 0 Å². The zero-order chi connectivity index (χ0) is 26.6. The van der Waals surface area contributed by atoms with Gasteiger partial charge in [0.1, 0.15) is 5.82 Å². The van der Waals surface area contributed by atoms with Gasteiger partial charge in [0, 0.05) is 0 Å². The van der Waals surface area contributed by atoms with Crippen LogP contribution in [0.5, 0.6) is 5.75 Å². The maximum atomic E-state index is 14.7. The molecule has 0 fully saturated rings. The SMILES string of the molecule is C=C(OCC)/C(F)=C(/F)C(=C)OC(=O)c1ccc(C2=CCC(c3ccc(O)c(F)c3F)CC2)cc1F. The molecule has 0 aliphatic heterocycles. The minimum absolute atomic E-state index is 0.0344. The first-order valence-corrected chi connectivity index (χ1v) is 11.0. The molecule has 1 atom stereocenters. The molecule has 0 aromatic heterocycles. The topological polar surface area (TPSA) is 55.8 Å². The third-order valence-corrected chi connectivity index (χ3v) is 5.72. The Balaban J connectivity index is 1.71. The number of aromatic hydroxyl groups is 1. The summed E-state index contributed by atoms with van der Waals surface area (Å²) in [5, 5.41) is 9.30. The largest absolute Gasteiger partial charge is 0.505 e. The summed E-state index contributed by atoms with van der Waals surface area (Å²) < 4.78 is 80.0. The lowest BCUT2D eigenvalue weighted by molar-refractivity contribution is 0.0617. The summed E-state index contributed by atoms with van der Waals surface area (Å²) in [6.45, 7) is 7.92. The van der Waals surface area contributed by atoms with Crippen LogP contribution in [0.2, 0.25) is 0 Å². The summed E-state index contributed by atoms with van der Waals surface area (Å²) in [5.41, 5.74) is 0.823. The van der Waals surface area contributed by atoms with Crippen molar-refractivity contribution in [2.75, 3.05) is 6.61 Å². The van der Waals surface area contributed by atoms with Crippen molar-refractivity contribution in [1.82, 2.24) is 0 Å². The van der Waals surface area contributed by atoms with Gasteiger partial charge in [-0.25, -0.2) is 13.6 Å². The third kappa shape index (κ3) is 5.67. The quantitative estimate of drug-likeness (QED) is 0.174. The van der Waals surface area contributed by atoms with Crippen LogP contribution in [0.4, 0.5) is 22.0 Å². The van der Waals surface area contributed by atoms with E-state index in [4.69, 9.17) is 4.74 Å². The molecule has 0 saturated carbocycles. The van der Waals surface area contributed by atoms with E-state index < -0.39 is 57.9 Å². The molecule has 1 aliphatic carbocycles. The third-order valence-electron chi connectivity index (χ3n) is 5.72. The number of halogens is 5. The van der Waals surface area contributed by atoms with Crippen LogP contribution in [0.3, 0.4) is 0 Å². The van der Waals surface area contributed by atoms with E-state index in [0.717, 1.165) is 23.8 Å². The molecule has 0 bridgehead atoms. The number of hydrogen-bond donors (Lipinski definition) is 1. The van der Waals surface area contributed by atoms with Crippen molar-refractivity contribution in [3.8, 4) is 5.75 Å². The van der Waals surface area contributed by atoms with Crippen LogP contribution in [0.1, 0.15) is 53.6 Å². The molecule has 0 amide bonds. The Morgan fingerprint density at radius 1 is 1.06 bits per heavy atom. The Labute approximate surface area is 204 Å². The van der Waals surface area contributed by atoms with Crippen molar-refractivity contribution in [2.24, 2.45) is 0 Å². The predicted molar refractivity (Wildman–Crippen MR) is 124 cm³/mol. The molecule has 3 rings (SSSR count). The van der Waals surface area contributed by atoms with Gasteiger partial charge < -0.3 is 14.6 Å². The fourth-order valence-corrected chi connectivity index (χ4v) is 3.82. The fraction of sp³-hybridized carbons (Fsp3) is 0.222. The molecule has 0 spiro atoms. The van der Waals surface area contributed by atoms with Crippen molar-refractivity contribution < 1.29 is 41.3 Å². The normalized spacial score (nSPS) is 16.1. The van der Waals surface area contributed by atoms with Crippen LogP contribution in [-0.4, -0.2) is 17.7 Å². The summed E-state index contributed by atoms with van der Waals surface area (Å²) in [7, 11) is 0. The second-order valence-electron chi connectivity index (χ2n) is 7.99. The number of phenolic OH excluding ortho intramolecular Hbond substituents is 1. The Morgan fingerprint density at radius 2 is 1.75 bits per heavy atom. The van der Waals surface area contributed by atoms with Crippen LogP contribution >= 0.6 is 0 Å². The lowest BCUT2D eigenvalue weighted by Crippen LogP contribution is -2.10. The Kier molecular flexibility index (Phi) is 8.34. The van der Waals surface area contributed by atoms with E-state index in [-0.39, 0.29) is 18.1 Å². The van der Waals surface area contributed by atoms with Crippen molar-refractivity contribution in [2.45, 2.75) is 32.1 Å². The summed E-state index contributed by atoms with van der Waals surface area (Å²) in [5.74, 6) is -10.4. The lowest BCUT2D eigenvalue weighted by atomic mass is 9.82. The number of phenols is 1. The first kappa shape index (κ1) is 26.7. The molecule has 190 valence electrons. The average molecular weight is 506 g/mol. The second kappa shape index (κ2) is 11.2. The van der Waals surface area contributed by atoms with E-state index >= 15 is 0 Å². The highest BCUT2D eigenvalue weighted by atomic mass is 19.2. The summed E-state index contributed by atoms with van der Waals surface area (Å²) in [6.07, 6.45) is 2.99. The number of allylic oxidation sites excluding steroid dienone is 4. The summed E-state index contributed by atoms with van der Waals surface area (Å²) >= 11 is 0. The first-order chi connectivity index (χ1) is 17.0. The molecule has 1 aliphatic rings. The molecule has 2 aromatic carbocycles. The maximum absolute atomic E-state index is 14.7. The number of benzene rings is 2. The van der Waals surface area contributed by atoms with Gasteiger partial charge >= 0.3 is 5.97 Å². The minimum Gasteiger partial charge on any atom is -0.505 e. The molecular formula is C27H23F5O4. The van der Waals surface area contributed by atoms with Crippen molar-refractivity contribution in [3.05, 3.63) is 107 Å². The van der Waals surface area contributed by atoms with Gasteiger partial charge in [-0.2, -0.15) is 13.2 Å². The molecule has 0 radical (unpaired) electrons. The molecule has 2 aromatic rings. The number of hydrogen-bond acceptors (Lipinski definition) is 4. The van der Waals surface area contributed by atoms with E-state index in [1.165, 1.54) is 19.1 Å². The average Bonchev–Trinajstić information content (AvgIpc) is 2.86. The van der Waals surface area contributed by atoms with Crippen LogP contribution in [0, 0.1) is 17.5 Å². The van der Waals surface area contributed by atoms with Gasteiger partial charge in [-0.05, 0) is 67.0 Å². The first-order valence-electron chi connectivity index (χ1n) is 11.0. The van der Waals surface area contributed by atoms with Crippen LogP contribution in [0.15, 0.2) is 72.7 Å². The standard InChI is InChI=1S/C27H23F5O4/c1-4-35-14(2)23(29)24(30)15(3)36-27(34)20-10-9-18(13-21(20)28)16-5-7-17(8-6-16)19-11-12-22(33)26(32)25(19)31/h5,9-13,17,33H,2-4,6-8H2,1H3/b24-23-. The van der Waals surface area contributed by atoms with Crippen molar-refractivity contribution >= 4 is 11.5 Å². The minimum atomic E-state index is -1.61. The zero-order valence-electron chi connectivity index (χ0n) is 19.3. The molecule has 1 N–H and O–H groups in total. The van der Waals surface area contributed by atoms with Crippen LogP contribution in [-0.2, 0) is 9.47 Å². The van der Waals surface area contributed by atoms with E-state index in [1.54, 1.807) is 6.08 Å². The van der Waals surface area contributed by atoms with E-state index in [0.29, 0.717) is 24.8 Å². The number of carbonyl (C=O) groups is 1. The fourth-order valence-electron chi connectivity index (χ4n) is 3.82. The zero-order valence-corrected chi connectivity index (χ0v) is 19.3. The summed E-state index contributed by atoms with van der Waals surface area (Å²) in [6, 6.07) is 6.12. The maximum Gasteiger partial charge on any atom is 0.346 e. The Hall–Kier alpha value is -3.88. The molecular weight excluding hydrogens is 483 g/mol. The molecule has 4 nitrogen and oxygen atoms in total. The number of carbonyl (C=O) groups excluding carboxylic acids is 1. The van der Waals surface area contributed by atoms with E-state index in [9.17, 15) is 31.9 Å².